The molecule has 0 bridgehead atoms. The van der Waals surface area contributed by atoms with E-state index in [1.165, 1.54) is 0 Å². The summed E-state index contributed by atoms with van der Waals surface area (Å²) in [5.74, 6) is -0.580. The molecular weight excluding hydrogens is 182 g/mol. The fourth-order valence-electron chi connectivity index (χ4n) is 1.22. The van der Waals surface area contributed by atoms with Crippen LogP contribution in [0.1, 0.15) is 27.7 Å². The zero-order chi connectivity index (χ0) is 11.4. The Bertz CT molecular complexity index is 221. The molecule has 0 saturated carbocycles. The van der Waals surface area contributed by atoms with Gasteiger partial charge in [0.05, 0.1) is 6.61 Å². The van der Waals surface area contributed by atoms with Crippen LogP contribution in [0.2, 0.25) is 0 Å². The normalized spacial score (nSPS) is 11.6. The van der Waals surface area contributed by atoms with Gasteiger partial charge in [0.1, 0.15) is 11.2 Å². The monoisotopic (exact) mass is 201 g/mol. The Labute approximate surface area is 84.7 Å². The highest BCUT2D eigenvalue weighted by Crippen LogP contribution is 2.21. The van der Waals surface area contributed by atoms with Gasteiger partial charge in [0.2, 0.25) is 5.91 Å². The van der Waals surface area contributed by atoms with E-state index in [2.05, 4.69) is 5.32 Å². The van der Waals surface area contributed by atoms with E-state index in [1.807, 2.05) is 0 Å². The Morgan fingerprint density at radius 1 is 1.36 bits per heavy atom. The molecule has 1 amide bonds. The fraction of sp³-hybridized carbons (Fsp3) is 0.800. The van der Waals surface area contributed by atoms with Gasteiger partial charge >= 0.3 is 0 Å². The van der Waals surface area contributed by atoms with E-state index in [-0.39, 0.29) is 30.8 Å². The molecule has 0 fully saturated rings. The molecular formula is C10H19NO3. The molecule has 0 aliphatic carbocycles. The largest absolute Gasteiger partial charge is 0.395 e. The first-order valence-electron chi connectivity index (χ1n) is 4.77. The summed E-state index contributed by atoms with van der Waals surface area (Å²) in [6, 6.07) is 0. The molecule has 0 aromatic carbocycles. The van der Waals surface area contributed by atoms with Crippen LogP contribution in [0, 0.1) is 11.3 Å². The smallest absolute Gasteiger partial charge is 0.233 e. The third-order valence-corrected chi connectivity index (χ3v) is 2.11. The number of ketones is 1. The van der Waals surface area contributed by atoms with Crippen molar-refractivity contribution in [3.63, 3.8) is 0 Å². The Morgan fingerprint density at radius 3 is 2.21 bits per heavy atom. The standard InChI is InChI=1S/C10H19NO3/c1-7(2)8(13)10(3,4)9(14)11-5-6-12/h7,12H,5-6H2,1-4H3,(H,11,14). The number of Topliss-reactive ketones (excluding diaryl/α,β-unsaturated/α-hetero) is 1. The van der Waals surface area contributed by atoms with E-state index in [9.17, 15) is 9.59 Å². The first-order chi connectivity index (χ1) is 6.34. The highest BCUT2D eigenvalue weighted by molar-refractivity contribution is 6.05. The molecule has 0 aliphatic rings. The summed E-state index contributed by atoms with van der Waals surface area (Å²) in [5, 5.41) is 11.0. The second kappa shape index (κ2) is 5.10. The Hall–Kier alpha value is -0.900. The molecule has 82 valence electrons. The lowest BCUT2D eigenvalue weighted by Crippen LogP contribution is -2.44. The summed E-state index contributed by atoms with van der Waals surface area (Å²) in [6.07, 6.45) is 0. The van der Waals surface area contributed by atoms with Gasteiger partial charge in [-0.1, -0.05) is 13.8 Å². The van der Waals surface area contributed by atoms with Crippen molar-refractivity contribution in [2.45, 2.75) is 27.7 Å². The Morgan fingerprint density at radius 2 is 1.86 bits per heavy atom. The van der Waals surface area contributed by atoms with Crippen molar-refractivity contribution in [1.82, 2.24) is 5.32 Å². The Balaban J connectivity index is 4.44. The van der Waals surface area contributed by atoms with Crippen LogP contribution in [0.3, 0.4) is 0 Å². The molecule has 0 rings (SSSR count). The summed E-state index contributed by atoms with van der Waals surface area (Å²) in [7, 11) is 0. The van der Waals surface area contributed by atoms with E-state index in [1.54, 1.807) is 27.7 Å². The first-order valence-corrected chi connectivity index (χ1v) is 4.77. The lowest BCUT2D eigenvalue weighted by Gasteiger charge is -2.23. The maximum Gasteiger partial charge on any atom is 0.233 e. The van der Waals surface area contributed by atoms with Gasteiger partial charge in [0.15, 0.2) is 0 Å². The maximum absolute atomic E-state index is 11.6. The van der Waals surface area contributed by atoms with Crippen LogP contribution in [0.25, 0.3) is 0 Å². The maximum atomic E-state index is 11.6. The van der Waals surface area contributed by atoms with Gasteiger partial charge < -0.3 is 10.4 Å². The SMILES string of the molecule is CC(C)C(=O)C(C)(C)C(=O)NCCO. The zero-order valence-corrected chi connectivity index (χ0v) is 9.26. The number of carbonyl (C=O) groups is 2. The second-order valence-corrected chi connectivity index (χ2v) is 4.12. The quantitative estimate of drug-likeness (QED) is 0.631. The number of aliphatic hydroxyl groups is 1. The third-order valence-electron chi connectivity index (χ3n) is 2.11. The van der Waals surface area contributed by atoms with Crippen molar-refractivity contribution in [2.75, 3.05) is 13.2 Å². The van der Waals surface area contributed by atoms with Gasteiger partial charge in [-0.15, -0.1) is 0 Å². The molecule has 2 N–H and O–H groups in total. The van der Waals surface area contributed by atoms with Gasteiger partial charge in [-0.3, -0.25) is 9.59 Å². The van der Waals surface area contributed by atoms with Crippen molar-refractivity contribution < 1.29 is 14.7 Å². The number of rotatable bonds is 5. The molecule has 14 heavy (non-hydrogen) atoms. The van der Waals surface area contributed by atoms with Crippen molar-refractivity contribution >= 4 is 11.7 Å². The molecule has 0 atom stereocenters. The summed E-state index contributed by atoms with van der Waals surface area (Å²) in [6.45, 7) is 6.81. The number of amides is 1. The molecule has 0 aromatic heterocycles. The van der Waals surface area contributed by atoms with Crippen LogP contribution < -0.4 is 5.32 Å². The molecule has 4 heteroatoms. The molecule has 0 unspecified atom stereocenters. The number of hydrogen-bond acceptors (Lipinski definition) is 3. The minimum absolute atomic E-state index is 0.0899. The van der Waals surface area contributed by atoms with E-state index >= 15 is 0 Å². The summed E-state index contributed by atoms with van der Waals surface area (Å²) in [5.41, 5.74) is -1.01. The number of aliphatic hydroxyl groups excluding tert-OH is 1. The van der Waals surface area contributed by atoms with Crippen LogP contribution in [-0.2, 0) is 9.59 Å². The van der Waals surface area contributed by atoms with E-state index < -0.39 is 5.41 Å². The fourth-order valence-corrected chi connectivity index (χ4v) is 1.22. The molecule has 0 aliphatic heterocycles. The van der Waals surface area contributed by atoms with Gasteiger partial charge in [-0.05, 0) is 13.8 Å². The van der Waals surface area contributed by atoms with Gasteiger partial charge in [0, 0.05) is 12.5 Å². The Kier molecular flexibility index (Phi) is 4.77. The van der Waals surface area contributed by atoms with E-state index in [4.69, 9.17) is 5.11 Å². The highest BCUT2D eigenvalue weighted by atomic mass is 16.3. The lowest BCUT2D eigenvalue weighted by atomic mass is 9.81. The second-order valence-electron chi connectivity index (χ2n) is 4.12. The highest BCUT2D eigenvalue weighted by Gasteiger charge is 2.36. The van der Waals surface area contributed by atoms with Gasteiger partial charge in [0.25, 0.3) is 0 Å². The van der Waals surface area contributed by atoms with Crippen molar-refractivity contribution in [2.24, 2.45) is 11.3 Å². The predicted octanol–water partition coefficient (Wildman–Crippen LogP) is 0.346. The average Bonchev–Trinajstić information content (AvgIpc) is 2.12. The molecule has 0 heterocycles. The van der Waals surface area contributed by atoms with Crippen molar-refractivity contribution in [3.05, 3.63) is 0 Å². The van der Waals surface area contributed by atoms with Crippen molar-refractivity contribution in [1.29, 1.82) is 0 Å². The third kappa shape index (κ3) is 3.10. The average molecular weight is 201 g/mol. The molecule has 0 aromatic rings. The number of carbonyl (C=O) groups excluding carboxylic acids is 2. The minimum atomic E-state index is -1.01. The topological polar surface area (TPSA) is 66.4 Å². The van der Waals surface area contributed by atoms with Crippen LogP contribution in [0.4, 0.5) is 0 Å². The van der Waals surface area contributed by atoms with E-state index in [0.717, 1.165) is 0 Å². The van der Waals surface area contributed by atoms with Gasteiger partial charge in [-0.25, -0.2) is 0 Å². The summed E-state index contributed by atoms with van der Waals surface area (Å²) >= 11 is 0. The lowest BCUT2D eigenvalue weighted by molar-refractivity contribution is -0.141. The van der Waals surface area contributed by atoms with Crippen LogP contribution in [0.15, 0.2) is 0 Å². The van der Waals surface area contributed by atoms with Gasteiger partial charge in [-0.2, -0.15) is 0 Å². The van der Waals surface area contributed by atoms with Crippen LogP contribution in [-0.4, -0.2) is 29.9 Å². The predicted molar refractivity (Wildman–Crippen MR) is 53.7 cm³/mol. The summed E-state index contributed by atoms with van der Waals surface area (Å²) < 4.78 is 0. The van der Waals surface area contributed by atoms with Crippen molar-refractivity contribution in [3.8, 4) is 0 Å². The number of nitrogens with one attached hydrogen (secondary N) is 1. The number of hydrogen-bond donors (Lipinski definition) is 2. The van der Waals surface area contributed by atoms with E-state index in [0.29, 0.717) is 0 Å². The van der Waals surface area contributed by atoms with Crippen LogP contribution in [0.5, 0.6) is 0 Å². The molecule has 4 nitrogen and oxygen atoms in total. The molecule has 0 saturated heterocycles. The van der Waals surface area contributed by atoms with Crippen LogP contribution >= 0.6 is 0 Å². The minimum Gasteiger partial charge on any atom is -0.395 e. The molecule has 0 spiro atoms. The first kappa shape index (κ1) is 13.1. The molecule has 0 radical (unpaired) electrons. The summed E-state index contributed by atoms with van der Waals surface area (Å²) in [4.78, 5) is 23.2. The zero-order valence-electron chi connectivity index (χ0n) is 9.26.